The monoisotopic (exact) mass is 579 g/mol. The summed E-state index contributed by atoms with van der Waals surface area (Å²) in [6, 6.07) is 29.5. The fourth-order valence-electron chi connectivity index (χ4n) is 5.05. The molecule has 3 N–H and O–H groups in total. The Balaban J connectivity index is 1.41. The minimum atomic E-state index is -0.977. The molecule has 0 unspecified atom stereocenters. The Hall–Kier alpha value is -4.88. The van der Waals surface area contributed by atoms with E-state index < -0.39 is 5.97 Å². The van der Waals surface area contributed by atoms with Gasteiger partial charge >= 0.3 is 5.97 Å². The lowest BCUT2D eigenvalue weighted by atomic mass is 9.94. The zero-order valence-electron chi connectivity index (χ0n) is 22.8. The number of amides is 2. The molecule has 212 valence electrons. The Kier molecular flexibility index (Phi) is 8.99. The third-order valence-corrected chi connectivity index (χ3v) is 7.41. The highest BCUT2D eigenvalue weighted by Crippen LogP contribution is 2.29. The van der Waals surface area contributed by atoms with Crippen LogP contribution in [0.5, 0.6) is 0 Å². The number of hydrogen-bond donors (Lipinski definition) is 3. The van der Waals surface area contributed by atoms with Crippen molar-refractivity contribution in [1.29, 1.82) is 0 Å². The molecule has 0 fully saturated rings. The van der Waals surface area contributed by atoms with Crippen molar-refractivity contribution in [1.82, 2.24) is 15.2 Å². The van der Waals surface area contributed by atoms with Gasteiger partial charge < -0.3 is 20.3 Å². The number of carbonyl (C=O) groups is 3. The molecule has 2 amide bonds. The summed E-state index contributed by atoms with van der Waals surface area (Å²) in [5.41, 5.74) is 4.96. The zero-order valence-corrected chi connectivity index (χ0v) is 23.6. The first-order chi connectivity index (χ1) is 20.4. The summed E-state index contributed by atoms with van der Waals surface area (Å²) < 4.78 is 0. The lowest BCUT2D eigenvalue weighted by Gasteiger charge is -2.24. The number of aromatic amines is 1. The van der Waals surface area contributed by atoms with E-state index in [0.717, 1.165) is 22.0 Å². The molecule has 0 aliphatic rings. The van der Waals surface area contributed by atoms with Gasteiger partial charge in [0.15, 0.2) is 0 Å². The van der Waals surface area contributed by atoms with Gasteiger partial charge in [0.05, 0.1) is 6.42 Å². The van der Waals surface area contributed by atoms with Crippen molar-refractivity contribution in [3.63, 3.8) is 0 Å². The Morgan fingerprint density at radius 1 is 0.810 bits per heavy atom. The number of carbonyl (C=O) groups excluding carboxylic acids is 2. The van der Waals surface area contributed by atoms with Gasteiger partial charge in [0.25, 0.3) is 11.8 Å². The summed E-state index contributed by atoms with van der Waals surface area (Å²) >= 11 is 6.09. The summed E-state index contributed by atoms with van der Waals surface area (Å²) in [7, 11) is 0. The number of halogens is 1. The maximum Gasteiger partial charge on any atom is 0.305 e. The summed E-state index contributed by atoms with van der Waals surface area (Å²) in [5.74, 6) is -1.55. The summed E-state index contributed by atoms with van der Waals surface area (Å²) in [5, 5.41) is 14.0. The minimum Gasteiger partial charge on any atom is -0.481 e. The third kappa shape index (κ3) is 6.70. The predicted molar refractivity (Wildman–Crippen MR) is 165 cm³/mol. The Morgan fingerprint density at radius 3 is 2.26 bits per heavy atom. The van der Waals surface area contributed by atoms with Crippen molar-refractivity contribution in [3.05, 3.63) is 131 Å². The van der Waals surface area contributed by atoms with Crippen molar-refractivity contribution >= 4 is 40.3 Å². The van der Waals surface area contributed by atoms with Crippen molar-refractivity contribution in [2.24, 2.45) is 0 Å². The van der Waals surface area contributed by atoms with Crippen LogP contribution in [0.2, 0.25) is 5.02 Å². The fourth-order valence-corrected chi connectivity index (χ4v) is 5.27. The van der Waals surface area contributed by atoms with Crippen LogP contribution < -0.4 is 5.32 Å². The number of carboxylic acid groups (broad SMARTS) is 1. The van der Waals surface area contributed by atoms with Crippen LogP contribution in [0.4, 0.5) is 0 Å². The van der Waals surface area contributed by atoms with Gasteiger partial charge in [0.1, 0.15) is 0 Å². The number of hydrogen-bond acceptors (Lipinski definition) is 3. The highest BCUT2D eigenvalue weighted by atomic mass is 35.5. The van der Waals surface area contributed by atoms with Crippen LogP contribution in [0, 0.1) is 0 Å². The van der Waals surface area contributed by atoms with Gasteiger partial charge in [-0.15, -0.1) is 0 Å². The van der Waals surface area contributed by atoms with Crippen LogP contribution >= 0.6 is 11.6 Å². The first kappa shape index (κ1) is 28.6. The first-order valence-electron chi connectivity index (χ1n) is 13.7. The Labute approximate surface area is 248 Å². The molecular weight excluding hydrogens is 550 g/mol. The van der Waals surface area contributed by atoms with Crippen molar-refractivity contribution in [3.8, 4) is 11.1 Å². The van der Waals surface area contributed by atoms with Gasteiger partial charge in [-0.1, -0.05) is 78.3 Å². The fraction of sp³-hybridized carbons (Fsp3) is 0.147. The van der Waals surface area contributed by atoms with Crippen LogP contribution in [0.1, 0.15) is 38.3 Å². The Bertz CT molecular complexity index is 1750. The summed E-state index contributed by atoms with van der Waals surface area (Å²) in [6.45, 7) is 0.696. The number of nitrogens with zero attached hydrogens (tertiary/aromatic N) is 1. The molecule has 0 atom stereocenters. The maximum absolute atomic E-state index is 14.0. The smallest absolute Gasteiger partial charge is 0.305 e. The topological polar surface area (TPSA) is 102 Å². The molecular formula is C34H30ClN3O4. The molecule has 42 heavy (non-hydrogen) atoms. The second-order valence-electron chi connectivity index (χ2n) is 9.95. The average Bonchev–Trinajstić information content (AvgIpc) is 3.42. The molecule has 0 aliphatic carbocycles. The van der Waals surface area contributed by atoms with Crippen molar-refractivity contribution in [2.75, 3.05) is 13.1 Å². The SMILES string of the molecule is O=C(O)CCN(CCc1c[nH]c2ccccc12)C(=O)c1ccccc1-c1ccccc1C(=O)NCc1cccc(Cl)c1. The molecule has 0 radical (unpaired) electrons. The van der Waals surface area contributed by atoms with Gasteiger partial charge in [0, 0.05) is 52.9 Å². The quantitative estimate of drug-likeness (QED) is 0.164. The molecule has 5 aromatic rings. The number of H-pyrrole nitrogens is 1. The van der Waals surface area contributed by atoms with E-state index in [0.29, 0.717) is 46.8 Å². The van der Waals surface area contributed by atoms with Gasteiger partial charge in [-0.25, -0.2) is 0 Å². The number of carboxylic acids is 1. The minimum absolute atomic E-state index is 0.0621. The van der Waals surface area contributed by atoms with Crippen molar-refractivity contribution in [2.45, 2.75) is 19.4 Å². The molecule has 0 saturated carbocycles. The first-order valence-corrected chi connectivity index (χ1v) is 14.1. The molecule has 4 aromatic carbocycles. The van der Waals surface area contributed by atoms with Crippen LogP contribution in [0.15, 0.2) is 103 Å². The van der Waals surface area contributed by atoms with E-state index in [2.05, 4.69) is 10.3 Å². The van der Waals surface area contributed by atoms with Crippen LogP contribution in [0.3, 0.4) is 0 Å². The number of para-hydroxylation sites is 1. The predicted octanol–water partition coefficient (Wildman–Crippen LogP) is 6.58. The second kappa shape index (κ2) is 13.2. The van der Waals surface area contributed by atoms with E-state index >= 15 is 0 Å². The molecule has 0 bridgehead atoms. The number of rotatable bonds is 11. The largest absolute Gasteiger partial charge is 0.481 e. The molecule has 8 heteroatoms. The number of aromatic nitrogens is 1. The van der Waals surface area contributed by atoms with E-state index in [9.17, 15) is 19.5 Å². The van der Waals surface area contributed by atoms with Gasteiger partial charge in [-0.05, 0) is 59.0 Å². The van der Waals surface area contributed by atoms with Crippen LogP contribution in [0.25, 0.3) is 22.0 Å². The molecule has 0 saturated heterocycles. The molecule has 1 aromatic heterocycles. The van der Waals surface area contributed by atoms with E-state index in [4.69, 9.17) is 11.6 Å². The van der Waals surface area contributed by atoms with E-state index in [1.54, 1.807) is 41.3 Å². The van der Waals surface area contributed by atoms with E-state index in [1.807, 2.05) is 66.9 Å². The van der Waals surface area contributed by atoms with Crippen LogP contribution in [-0.4, -0.2) is 45.9 Å². The number of benzene rings is 4. The highest BCUT2D eigenvalue weighted by Gasteiger charge is 2.23. The maximum atomic E-state index is 14.0. The highest BCUT2D eigenvalue weighted by molar-refractivity contribution is 6.30. The zero-order chi connectivity index (χ0) is 29.5. The molecule has 5 rings (SSSR count). The number of aliphatic carboxylic acids is 1. The second-order valence-corrected chi connectivity index (χ2v) is 10.4. The molecule has 1 heterocycles. The normalized spacial score (nSPS) is 10.9. The van der Waals surface area contributed by atoms with Gasteiger partial charge in [-0.2, -0.15) is 0 Å². The standard InChI is InChI=1S/C34H30ClN3O4/c35-25-9-7-8-23(20-25)21-37-33(41)29-13-3-1-11-27(29)28-12-2-4-14-30(28)34(42)38(19-17-32(39)40)18-16-24-22-36-31-15-6-5-10-26(24)31/h1-15,20,22,36H,16-19,21H2,(H,37,41)(H,39,40). The van der Waals surface area contributed by atoms with E-state index in [-0.39, 0.29) is 24.8 Å². The lowest BCUT2D eigenvalue weighted by Crippen LogP contribution is -2.35. The Morgan fingerprint density at radius 2 is 1.50 bits per heavy atom. The number of fused-ring (bicyclic) bond motifs is 1. The molecule has 0 aliphatic heterocycles. The lowest BCUT2D eigenvalue weighted by molar-refractivity contribution is -0.137. The molecule has 0 spiro atoms. The van der Waals surface area contributed by atoms with Crippen molar-refractivity contribution < 1.29 is 19.5 Å². The number of nitrogens with one attached hydrogen (secondary N) is 2. The van der Waals surface area contributed by atoms with Gasteiger partial charge in [-0.3, -0.25) is 14.4 Å². The molecule has 7 nitrogen and oxygen atoms in total. The van der Waals surface area contributed by atoms with Gasteiger partial charge in [0.2, 0.25) is 0 Å². The average molecular weight is 580 g/mol. The van der Waals surface area contributed by atoms with Crippen LogP contribution in [-0.2, 0) is 17.8 Å². The third-order valence-electron chi connectivity index (χ3n) is 7.17. The summed E-state index contributed by atoms with van der Waals surface area (Å²) in [4.78, 5) is 43.6. The summed E-state index contributed by atoms with van der Waals surface area (Å²) in [6.07, 6.45) is 2.31. The van der Waals surface area contributed by atoms with E-state index in [1.165, 1.54) is 0 Å².